The van der Waals surface area contributed by atoms with Gasteiger partial charge < -0.3 is 15.7 Å². The third-order valence-corrected chi connectivity index (χ3v) is 5.84. The summed E-state index contributed by atoms with van der Waals surface area (Å²) in [6, 6.07) is 16.3. The molecule has 2 amide bonds. The van der Waals surface area contributed by atoms with Crippen molar-refractivity contribution < 1.29 is 29.5 Å². The van der Waals surface area contributed by atoms with Crippen LogP contribution in [0.15, 0.2) is 60.7 Å². The van der Waals surface area contributed by atoms with Crippen LogP contribution in [0.5, 0.6) is 0 Å². The molecule has 3 aromatic carbocycles. The van der Waals surface area contributed by atoms with E-state index in [4.69, 9.17) is 16.7 Å². The highest BCUT2D eigenvalue weighted by Crippen LogP contribution is 2.30. The Morgan fingerprint density at radius 2 is 1.62 bits per heavy atom. The molecule has 3 rings (SSSR count). The van der Waals surface area contributed by atoms with Gasteiger partial charge in [0.2, 0.25) is 5.91 Å². The van der Waals surface area contributed by atoms with Gasteiger partial charge in [0.1, 0.15) is 0 Å². The van der Waals surface area contributed by atoms with Crippen LogP contribution in [0.2, 0.25) is 5.02 Å². The molecule has 9 nitrogen and oxygen atoms in total. The number of carbonyl (C=O) groups excluding carboxylic acids is 3. The molecule has 0 aliphatic carbocycles. The standard InChI is InChI=1S/C27H26ClN3O6/c1-3-31(37)27(36)17-9-8-16(2)20(14-17)26(35)19-11-10-18(15-21(19)28)29-22-6-4-5-7-23(22)30-24(32)12-13-25(33)34/h4-11,14-15,29,37H,3,12-13H2,1-2H3,(H,30,32)(H,33,34). The fourth-order valence-electron chi connectivity index (χ4n) is 3.50. The van der Waals surface area contributed by atoms with Gasteiger partial charge in [-0.15, -0.1) is 0 Å². The third kappa shape index (κ3) is 6.93. The molecular formula is C27H26ClN3O6. The predicted octanol–water partition coefficient (Wildman–Crippen LogP) is 5.28. The normalized spacial score (nSPS) is 10.5. The van der Waals surface area contributed by atoms with Crippen LogP contribution in [-0.4, -0.2) is 45.5 Å². The van der Waals surface area contributed by atoms with Gasteiger partial charge in [0, 0.05) is 35.3 Å². The molecule has 0 aromatic heterocycles. The summed E-state index contributed by atoms with van der Waals surface area (Å²) in [5.74, 6) is -2.49. The highest BCUT2D eigenvalue weighted by Gasteiger charge is 2.20. The van der Waals surface area contributed by atoms with E-state index in [1.165, 1.54) is 6.07 Å². The molecule has 3 aromatic rings. The van der Waals surface area contributed by atoms with Crippen molar-refractivity contribution in [1.82, 2.24) is 5.06 Å². The summed E-state index contributed by atoms with van der Waals surface area (Å²) in [6.07, 6.45) is -0.437. The van der Waals surface area contributed by atoms with E-state index in [2.05, 4.69) is 10.6 Å². The lowest BCUT2D eigenvalue weighted by Crippen LogP contribution is -2.27. The van der Waals surface area contributed by atoms with Gasteiger partial charge in [0.05, 0.1) is 22.8 Å². The van der Waals surface area contributed by atoms with E-state index in [1.54, 1.807) is 68.4 Å². The first-order chi connectivity index (χ1) is 17.6. The number of aliphatic carboxylic acids is 1. The molecule has 0 aliphatic rings. The summed E-state index contributed by atoms with van der Waals surface area (Å²) in [5.41, 5.74) is 2.89. The van der Waals surface area contributed by atoms with E-state index in [0.717, 1.165) is 0 Å². The Bertz CT molecular complexity index is 1360. The topological polar surface area (TPSA) is 136 Å². The molecule has 0 saturated carbocycles. The fraction of sp³-hybridized carbons (Fsp3) is 0.185. The van der Waals surface area contributed by atoms with Gasteiger partial charge in [-0.05, 0) is 61.9 Å². The summed E-state index contributed by atoms with van der Waals surface area (Å²) in [6.45, 7) is 3.47. The van der Waals surface area contributed by atoms with E-state index >= 15 is 0 Å². The molecule has 0 bridgehead atoms. The Morgan fingerprint density at radius 3 is 2.27 bits per heavy atom. The number of aryl methyl sites for hydroxylation is 1. The maximum absolute atomic E-state index is 13.3. The second-order valence-corrected chi connectivity index (χ2v) is 8.59. The number of anilines is 3. The quantitative estimate of drug-likeness (QED) is 0.161. The maximum atomic E-state index is 13.3. The third-order valence-electron chi connectivity index (χ3n) is 5.52. The summed E-state index contributed by atoms with van der Waals surface area (Å²) in [4.78, 5) is 48.4. The fourth-order valence-corrected chi connectivity index (χ4v) is 3.77. The van der Waals surface area contributed by atoms with Crippen molar-refractivity contribution in [2.75, 3.05) is 17.2 Å². The number of hydroxylamine groups is 2. The predicted molar refractivity (Wildman–Crippen MR) is 140 cm³/mol. The lowest BCUT2D eigenvalue weighted by atomic mass is 9.96. The second kappa shape index (κ2) is 12.2. The van der Waals surface area contributed by atoms with Gasteiger partial charge >= 0.3 is 5.97 Å². The molecule has 0 radical (unpaired) electrons. The molecular weight excluding hydrogens is 498 g/mol. The Balaban J connectivity index is 1.82. The van der Waals surface area contributed by atoms with Crippen LogP contribution in [-0.2, 0) is 9.59 Å². The Hall–Kier alpha value is -4.21. The Kier molecular flexibility index (Phi) is 9.00. The van der Waals surface area contributed by atoms with E-state index in [9.17, 15) is 24.4 Å². The van der Waals surface area contributed by atoms with Gasteiger partial charge in [-0.1, -0.05) is 29.8 Å². The van der Waals surface area contributed by atoms with Crippen molar-refractivity contribution in [1.29, 1.82) is 0 Å². The first-order valence-electron chi connectivity index (χ1n) is 11.4. The number of carboxylic acid groups (broad SMARTS) is 1. The number of nitrogens with one attached hydrogen (secondary N) is 2. The average molecular weight is 524 g/mol. The highest BCUT2D eigenvalue weighted by atomic mass is 35.5. The van der Waals surface area contributed by atoms with Crippen molar-refractivity contribution in [2.45, 2.75) is 26.7 Å². The number of para-hydroxylation sites is 2. The van der Waals surface area contributed by atoms with E-state index in [1.807, 2.05) is 0 Å². The zero-order valence-electron chi connectivity index (χ0n) is 20.2. The minimum absolute atomic E-state index is 0.103. The van der Waals surface area contributed by atoms with Crippen molar-refractivity contribution in [2.24, 2.45) is 0 Å². The van der Waals surface area contributed by atoms with Crippen LogP contribution in [0, 0.1) is 6.92 Å². The average Bonchev–Trinajstić information content (AvgIpc) is 2.87. The molecule has 0 atom stereocenters. The largest absolute Gasteiger partial charge is 0.481 e. The van der Waals surface area contributed by atoms with Crippen molar-refractivity contribution in [3.05, 3.63) is 87.9 Å². The van der Waals surface area contributed by atoms with Gasteiger partial charge in [-0.3, -0.25) is 24.4 Å². The van der Waals surface area contributed by atoms with Gasteiger partial charge in [0.25, 0.3) is 5.91 Å². The molecule has 0 aliphatic heterocycles. The van der Waals surface area contributed by atoms with E-state index in [0.29, 0.717) is 27.7 Å². The molecule has 192 valence electrons. The number of amides is 2. The number of nitrogens with zero attached hydrogens (tertiary/aromatic N) is 1. The lowest BCUT2D eigenvalue weighted by Gasteiger charge is -2.15. The van der Waals surface area contributed by atoms with Gasteiger partial charge in [-0.25, -0.2) is 5.06 Å². The number of ketones is 1. The smallest absolute Gasteiger partial charge is 0.303 e. The monoisotopic (exact) mass is 523 g/mol. The van der Waals surface area contributed by atoms with Crippen LogP contribution < -0.4 is 10.6 Å². The zero-order valence-corrected chi connectivity index (χ0v) is 21.0. The summed E-state index contributed by atoms with van der Waals surface area (Å²) >= 11 is 6.46. The molecule has 0 fully saturated rings. The summed E-state index contributed by atoms with van der Waals surface area (Å²) in [5, 5.41) is 25.1. The van der Waals surface area contributed by atoms with Crippen molar-refractivity contribution in [3.63, 3.8) is 0 Å². The first kappa shape index (κ1) is 27.4. The van der Waals surface area contributed by atoms with Gasteiger partial charge in [0.15, 0.2) is 5.78 Å². The highest BCUT2D eigenvalue weighted by molar-refractivity contribution is 6.35. The van der Waals surface area contributed by atoms with Crippen molar-refractivity contribution >= 4 is 52.2 Å². The summed E-state index contributed by atoms with van der Waals surface area (Å²) in [7, 11) is 0. The van der Waals surface area contributed by atoms with Crippen LogP contribution in [0.25, 0.3) is 0 Å². The molecule has 10 heteroatoms. The zero-order chi connectivity index (χ0) is 27.1. The number of carboxylic acids is 1. The number of halogens is 1. The number of hydrogen-bond acceptors (Lipinski definition) is 6. The molecule has 4 N–H and O–H groups in total. The molecule has 0 heterocycles. The van der Waals surface area contributed by atoms with Crippen LogP contribution >= 0.6 is 11.6 Å². The lowest BCUT2D eigenvalue weighted by molar-refractivity contribution is -0.138. The number of benzene rings is 3. The molecule has 37 heavy (non-hydrogen) atoms. The maximum Gasteiger partial charge on any atom is 0.303 e. The van der Waals surface area contributed by atoms with Crippen LogP contribution in [0.3, 0.4) is 0 Å². The Labute approximate surface area is 218 Å². The first-order valence-corrected chi connectivity index (χ1v) is 11.8. The number of rotatable bonds is 10. The molecule has 0 saturated heterocycles. The SMILES string of the molecule is CCN(O)C(=O)c1ccc(C)c(C(=O)c2ccc(Nc3ccccc3NC(=O)CCC(=O)O)cc2Cl)c1. The second-order valence-electron chi connectivity index (χ2n) is 8.19. The van der Waals surface area contributed by atoms with Crippen LogP contribution in [0.4, 0.5) is 17.1 Å². The van der Waals surface area contributed by atoms with E-state index in [-0.39, 0.29) is 46.9 Å². The van der Waals surface area contributed by atoms with Crippen LogP contribution in [0.1, 0.15) is 51.6 Å². The summed E-state index contributed by atoms with van der Waals surface area (Å²) < 4.78 is 0. The van der Waals surface area contributed by atoms with Gasteiger partial charge in [-0.2, -0.15) is 0 Å². The molecule has 0 unspecified atom stereocenters. The molecule has 0 spiro atoms. The Morgan fingerprint density at radius 1 is 0.919 bits per heavy atom. The van der Waals surface area contributed by atoms with Crippen molar-refractivity contribution in [3.8, 4) is 0 Å². The van der Waals surface area contributed by atoms with E-state index < -0.39 is 17.8 Å². The number of hydrogen-bond donors (Lipinski definition) is 4. The minimum Gasteiger partial charge on any atom is -0.481 e. The minimum atomic E-state index is -1.06. The number of carbonyl (C=O) groups is 4.